The number of aromatic amines is 1. The molecule has 26 heavy (non-hydrogen) atoms. The second kappa shape index (κ2) is 6.75. The van der Waals surface area contributed by atoms with E-state index in [0.29, 0.717) is 23.6 Å². The summed E-state index contributed by atoms with van der Waals surface area (Å²) < 4.78 is 10.6. The van der Waals surface area contributed by atoms with Crippen LogP contribution in [0.15, 0.2) is 41.2 Å². The maximum atomic E-state index is 12.4. The summed E-state index contributed by atoms with van der Waals surface area (Å²) in [5.41, 5.74) is 5.22. The van der Waals surface area contributed by atoms with Crippen molar-refractivity contribution in [1.82, 2.24) is 4.98 Å². The molecule has 0 bridgehead atoms. The van der Waals surface area contributed by atoms with E-state index in [1.807, 2.05) is 24.3 Å². The Hall–Kier alpha value is -2.95. The topological polar surface area (TPSA) is 63.3 Å². The van der Waals surface area contributed by atoms with Gasteiger partial charge in [-0.1, -0.05) is 0 Å². The first-order valence-corrected chi connectivity index (χ1v) is 8.81. The van der Waals surface area contributed by atoms with Crippen molar-refractivity contribution < 1.29 is 9.47 Å². The molecule has 3 aromatic rings. The van der Waals surface area contributed by atoms with Crippen LogP contribution < -0.4 is 20.3 Å². The molecule has 0 unspecified atom stereocenters. The van der Waals surface area contributed by atoms with Crippen molar-refractivity contribution in [3.05, 3.63) is 63.4 Å². The highest BCUT2D eigenvalue weighted by molar-refractivity contribution is 5.81. The molecule has 1 aliphatic carbocycles. The molecule has 2 aromatic carbocycles. The fraction of sp³-hybridized carbons (Fsp3) is 0.286. The molecule has 5 nitrogen and oxygen atoms in total. The number of ether oxygens (including phenoxy) is 2. The van der Waals surface area contributed by atoms with Gasteiger partial charge in [-0.05, 0) is 66.1 Å². The van der Waals surface area contributed by atoms with E-state index in [1.165, 1.54) is 17.5 Å². The number of H-pyrrole nitrogens is 1. The van der Waals surface area contributed by atoms with Crippen LogP contribution in [0.25, 0.3) is 10.9 Å². The van der Waals surface area contributed by atoms with Gasteiger partial charge in [0.2, 0.25) is 0 Å². The summed E-state index contributed by atoms with van der Waals surface area (Å²) in [5.74, 6) is 1.33. The minimum Gasteiger partial charge on any atom is -0.493 e. The smallest absolute Gasteiger partial charge is 0.253 e. The van der Waals surface area contributed by atoms with Crippen molar-refractivity contribution >= 4 is 16.6 Å². The van der Waals surface area contributed by atoms with E-state index in [2.05, 4.69) is 22.4 Å². The number of hydrogen-bond acceptors (Lipinski definition) is 4. The molecule has 2 N–H and O–H groups in total. The Bertz CT molecular complexity index is 1020. The van der Waals surface area contributed by atoms with Gasteiger partial charge >= 0.3 is 0 Å². The molecular weight excluding hydrogens is 328 g/mol. The monoisotopic (exact) mass is 350 g/mol. The van der Waals surface area contributed by atoms with Crippen LogP contribution in [-0.2, 0) is 19.4 Å². The molecule has 1 aromatic heterocycles. The Kier molecular flexibility index (Phi) is 4.29. The number of benzene rings is 2. The number of hydrogen-bond donors (Lipinski definition) is 2. The summed E-state index contributed by atoms with van der Waals surface area (Å²) in [5, 5.41) is 4.38. The van der Waals surface area contributed by atoms with Crippen LogP contribution in [-0.4, -0.2) is 19.2 Å². The average molecular weight is 350 g/mol. The molecule has 0 saturated heterocycles. The van der Waals surface area contributed by atoms with Gasteiger partial charge in [0.25, 0.3) is 5.56 Å². The van der Waals surface area contributed by atoms with E-state index < -0.39 is 0 Å². The van der Waals surface area contributed by atoms with Crippen LogP contribution in [0.4, 0.5) is 5.69 Å². The Morgan fingerprint density at radius 3 is 2.54 bits per heavy atom. The molecule has 0 radical (unpaired) electrons. The van der Waals surface area contributed by atoms with Gasteiger partial charge in [0.1, 0.15) is 0 Å². The minimum absolute atomic E-state index is 0.0524. The second-order valence-electron chi connectivity index (χ2n) is 6.61. The maximum absolute atomic E-state index is 12.4. The highest BCUT2D eigenvalue weighted by Gasteiger charge is 2.13. The maximum Gasteiger partial charge on any atom is 0.253 e. The van der Waals surface area contributed by atoms with Crippen LogP contribution in [0.5, 0.6) is 11.5 Å². The van der Waals surface area contributed by atoms with Crippen molar-refractivity contribution in [3.63, 3.8) is 0 Å². The van der Waals surface area contributed by atoms with Crippen LogP contribution in [0.1, 0.15) is 23.1 Å². The standard InChI is InChI=1S/C21H22N2O3/c1-25-19-7-6-17(11-20(19)26-2)22-12-16-9-15-8-13-4-3-5-14(13)10-18(15)23-21(16)24/h6-11,22H,3-5,12H2,1-2H3,(H,23,24). The summed E-state index contributed by atoms with van der Waals surface area (Å²) in [4.78, 5) is 15.5. The second-order valence-corrected chi connectivity index (χ2v) is 6.61. The summed E-state index contributed by atoms with van der Waals surface area (Å²) in [7, 11) is 3.21. The molecule has 0 saturated carbocycles. The van der Waals surface area contributed by atoms with Crippen LogP contribution in [0, 0.1) is 0 Å². The Morgan fingerprint density at radius 1 is 1.00 bits per heavy atom. The van der Waals surface area contributed by atoms with Crippen molar-refractivity contribution in [2.45, 2.75) is 25.8 Å². The fourth-order valence-corrected chi connectivity index (χ4v) is 3.60. The van der Waals surface area contributed by atoms with Crippen molar-refractivity contribution in [1.29, 1.82) is 0 Å². The van der Waals surface area contributed by atoms with Crippen LogP contribution >= 0.6 is 0 Å². The highest BCUT2D eigenvalue weighted by atomic mass is 16.5. The summed E-state index contributed by atoms with van der Waals surface area (Å²) in [6, 6.07) is 11.9. The average Bonchev–Trinajstić information content (AvgIpc) is 3.11. The van der Waals surface area contributed by atoms with Gasteiger partial charge in [-0.25, -0.2) is 0 Å². The molecule has 5 heteroatoms. The first-order valence-electron chi connectivity index (χ1n) is 8.81. The highest BCUT2D eigenvalue weighted by Crippen LogP contribution is 2.30. The van der Waals surface area contributed by atoms with Gasteiger partial charge in [0.15, 0.2) is 11.5 Å². The summed E-state index contributed by atoms with van der Waals surface area (Å²) in [6.07, 6.45) is 3.43. The molecule has 134 valence electrons. The normalized spacial score (nSPS) is 12.8. The number of anilines is 1. The Balaban J connectivity index is 1.60. The van der Waals surface area contributed by atoms with E-state index in [0.717, 1.165) is 29.4 Å². The zero-order valence-corrected chi connectivity index (χ0v) is 15.0. The Labute approximate surface area is 152 Å². The predicted octanol–water partition coefficient (Wildman–Crippen LogP) is 3.65. The van der Waals surface area contributed by atoms with Gasteiger partial charge in [0, 0.05) is 29.4 Å². The lowest BCUT2D eigenvalue weighted by Gasteiger charge is -2.11. The van der Waals surface area contributed by atoms with E-state index in [1.54, 1.807) is 14.2 Å². The van der Waals surface area contributed by atoms with E-state index in [-0.39, 0.29) is 5.56 Å². The largest absolute Gasteiger partial charge is 0.493 e. The van der Waals surface area contributed by atoms with Gasteiger partial charge in [0.05, 0.1) is 14.2 Å². The zero-order valence-electron chi connectivity index (χ0n) is 15.0. The molecule has 0 atom stereocenters. The molecule has 4 rings (SSSR count). The van der Waals surface area contributed by atoms with Gasteiger partial charge < -0.3 is 19.8 Å². The summed E-state index contributed by atoms with van der Waals surface area (Å²) >= 11 is 0. The van der Waals surface area contributed by atoms with Crippen molar-refractivity contribution in [2.75, 3.05) is 19.5 Å². The quantitative estimate of drug-likeness (QED) is 0.737. The number of aromatic nitrogens is 1. The van der Waals surface area contributed by atoms with Crippen molar-refractivity contribution in [2.24, 2.45) is 0 Å². The van der Waals surface area contributed by atoms with Gasteiger partial charge in [-0.2, -0.15) is 0 Å². The number of pyridine rings is 1. The zero-order chi connectivity index (χ0) is 18.1. The molecular formula is C21H22N2O3. The van der Waals surface area contributed by atoms with Crippen LogP contribution in [0.2, 0.25) is 0 Å². The lowest BCUT2D eigenvalue weighted by molar-refractivity contribution is 0.355. The lowest BCUT2D eigenvalue weighted by Crippen LogP contribution is -2.15. The SMILES string of the molecule is COc1ccc(NCc2cc3cc4c(cc3[nH]c2=O)CCC4)cc1OC. The Morgan fingerprint density at radius 2 is 1.77 bits per heavy atom. The summed E-state index contributed by atoms with van der Waals surface area (Å²) in [6.45, 7) is 0.442. The minimum atomic E-state index is -0.0524. The van der Waals surface area contributed by atoms with Crippen molar-refractivity contribution in [3.8, 4) is 11.5 Å². The molecule has 1 heterocycles. The van der Waals surface area contributed by atoms with E-state index >= 15 is 0 Å². The third-order valence-electron chi connectivity index (χ3n) is 5.00. The van der Waals surface area contributed by atoms with E-state index in [9.17, 15) is 4.79 Å². The predicted molar refractivity (Wildman–Crippen MR) is 103 cm³/mol. The number of nitrogens with one attached hydrogen (secondary N) is 2. The first kappa shape index (κ1) is 16.5. The van der Waals surface area contributed by atoms with Gasteiger partial charge in [-0.3, -0.25) is 4.79 Å². The fourth-order valence-electron chi connectivity index (χ4n) is 3.60. The molecule has 0 amide bonds. The third kappa shape index (κ3) is 3.01. The molecule has 0 spiro atoms. The van der Waals surface area contributed by atoms with Gasteiger partial charge in [-0.15, -0.1) is 0 Å². The van der Waals surface area contributed by atoms with Crippen LogP contribution in [0.3, 0.4) is 0 Å². The molecule has 0 fully saturated rings. The third-order valence-corrected chi connectivity index (χ3v) is 5.00. The molecule has 0 aliphatic heterocycles. The lowest BCUT2D eigenvalue weighted by atomic mass is 10.0. The number of aryl methyl sites for hydroxylation is 2. The number of methoxy groups -OCH3 is 2. The van der Waals surface area contributed by atoms with E-state index in [4.69, 9.17) is 9.47 Å². The number of rotatable bonds is 5. The number of fused-ring (bicyclic) bond motifs is 2. The molecule has 1 aliphatic rings. The first-order chi connectivity index (χ1) is 12.7.